The molecule has 0 atom stereocenters. The number of hydrogen-bond acceptors (Lipinski definition) is 4. The van der Waals surface area contributed by atoms with Crippen molar-refractivity contribution in [1.29, 1.82) is 0 Å². The third kappa shape index (κ3) is 6.60. The molecule has 0 spiro atoms. The lowest BCUT2D eigenvalue weighted by Gasteiger charge is -2.25. The highest BCUT2D eigenvalue weighted by atomic mass is 32.2. The van der Waals surface area contributed by atoms with Gasteiger partial charge in [0.05, 0.1) is 12.4 Å². The summed E-state index contributed by atoms with van der Waals surface area (Å²) in [5.41, 5.74) is 0. The minimum absolute atomic E-state index is 0.130. The number of carboxylic acid groups (broad SMARTS) is 1. The lowest BCUT2D eigenvalue weighted by Crippen LogP contribution is -2.40. The first-order valence-corrected chi connectivity index (χ1v) is 7.12. The normalized spacial score (nSPS) is 12.3. The van der Waals surface area contributed by atoms with E-state index in [0.29, 0.717) is 13.2 Å². The molecular weight excluding hydrogens is 246 g/mol. The molecule has 0 amide bonds. The zero-order valence-electron chi connectivity index (χ0n) is 10.5. The van der Waals surface area contributed by atoms with Gasteiger partial charge in [-0.25, -0.2) is 8.42 Å². The number of methoxy groups -OCH3 is 1. The summed E-state index contributed by atoms with van der Waals surface area (Å²) < 4.78 is 30.1. The maximum Gasteiger partial charge on any atom is 0.303 e. The zero-order chi connectivity index (χ0) is 13.5. The Hall–Kier alpha value is -0.660. The smallest absolute Gasteiger partial charge is 0.303 e. The Balaban J connectivity index is 4.44. The summed E-state index contributed by atoms with van der Waals surface area (Å²) in [6.07, 6.45) is 0.00329. The first kappa shape index (κ1) is 16.3. The molecule has 17 heavy (non-hydrogen) atoms. The Morgan fingerprint density at radius 3 is 2.41 bits per heavy atom. The Labute approximate surface area is 103 Å². The number of carbonyl (C=O) groups is 1. The molecule has 0 bridgehead atoms. The van der Waals surface area contributed by atoms with Crippen LogP contribution in [-0.2, 0) is 19.6 Å². The highest BCUT2D eigenvalue weighted by Crippen LogP contribution is 2.09. The van der Waals surface area contributed by atoms with E-state index in [4.69, 9.17) is 9.84 Å². The molecule has 0 radical (unpaired) electrons. The van der Waals surface area contributed by atoms with Gasteiger partial charge < -0.3 is 9.84 Å². The van der Waals surface area contributed by atoms with Crippen LogP contribution >= 0.6 is 0 Å². The SMILES string of the molecule is COCCN(C(C)C)S(=O)(=O)CCCC(=O)O. The number of hydrogen-bond donors (Lipinski definition) is 1. The molecule has 0 fully saturated rings. The van der Waals surface area contributed by atoms with E-state index in [-0.39, 0.29) is 24.6 Å². The summed E-state index contributed by atoms with van der Waals surface area (Å²) in [5.74, 6) is -1.12. The number of aliphatic carboxylic acids is 1. The van der Waals surface area contributed by atoms with Gasteiger partial charge in [0.15, 0.2) is 0 Å². The number of rotatable bonds is 9. The maximum atomic E-state index is 11.9. The van der Waals surface area contributed by atoms with E-state index in [9.17, 15) is 13.2 Å². The van der Waals surface area contributed by atoms with Crippen molar-refractivity contribution < 1.29 is 23.1 Å². The first-order valence-electron chi connectivity index (χ1n) is 5.51. The topological polar surface area (TPSA) is 83.9 Å². The summed E-state index contributed by atoms with van der Waals surface area (Å²) in [4.78, 5) is 10.3. The molecule has 0 saturated heterocycles. The van der Waals surface area contributed by atoms with Gasteiger partial charge in [-0.1, -0.05) is 0 Å². The van der Waals surface area contributed by atoms with E-state index in [2.05, 4.69) is 0 Å². The molecule has 0 aromatic heterocycles. The van der Waals surface area contributed by atoms with Crippen LogP contribution in [0.15, 0.2) is 0 Å². The van der Waals surface area contributed by atoms with Crippen LogP contribution in [0.1, 0.15) is 26.7 Å². The summed E-state index contributed by atoms with van der Waals surface area (Å²) in [7, 11) is -1.89. The molecule has 6 nitrogen and oxygen atoms in total. The van der Waals surface area contributed by atoms with E-state index in [1.807, 2.05) is 0 Å². The van der Waals surface area contributed by atoms with Crippen LogP contribution in [-0.4, -0.2) is 55.9 Å². The monoisotopic (exact) mass is 267 g/mol. The molecule has 0 aromatic carbocycles. The largest absolute Gasteiger partial charge is 0.481 e. The van der Waals surface area contributed by atoms with Crippen LogP contribution in [0.4, 0.5) is 0 Å². The Morgan fingerprint density at radius 2 is 2.00 bits per heavy atom. The summed E-state index contributed by atoms with van der Waals surface area (Å²) >= 11 is 0. The molecule has 0 rings (SSSR count). The number of ether oxygens (including phenoxy) is 1. The van der Waals surface area contributed by atoms with Gasteiger partial charge in [0.25, 0.3) is 0 Å². The summed E-state index contributed by atoms with van der Waals surface area (Å²) in [6, 6.07) is -0.153. The van der Waals surface area contributed by atoms with Gasteiger partial charge in [-0.2, -0.15) is 4.31 Å². The second-order valence-electron chi connectivity index (χ2n) is 4.01. The average molecular weight is 267 g/mol. The van der Waals surface area contributed by atoms with Gasteiger partial charge in [-0.05, 0) is 20.3 Å². The van der Waals surface area contributed by atoms with E-state index >= 15 is 0 Å². The molecular formula is C10H21NO5S. The molecule has 0 aliphatic carbocycles. The van der Waals surface area contributed by atoms with Gasteiger partial charge in [-0.15, -0.1) is 0 Å². The van der Waals surface area contributed by atoms with Crippen LogP contribution in [0, 0.1) is 0 Å². The van der Waals surface area contributed by atoms with Crippen LogP contribution in [0.5, 0.6) is 0 Å². The van der Waals surface area contributed by atoms with Gasteiger partial charge in [0, 0.05) is 26.1 Å². The van der Waals surface area contributed by atoms with Crippen molar-refractivity contribution >= 4 is 16.0 Å². The fourth-order valence-electron chi connectivity index (χ4n) is 1.42. The second-order valence-corrected chi connectivity index (χ2v) is 6.05. The number of carboxylic acids is 1. The summed E-state index contributed by atoms with van der Waals surface area (Å²) in [6.45, 7) is 4.19. The van der Waals surface area contributed by atoms with Crippen LogP contribution in [0.25, 0.3) is 0 Å². The van der Waals surface area contributed by atoms with Gasteiger partial charge in [0.1, 0.15) is 0 Å². The van der Waals surface area contributed by atoms with Crippen LogP contribution in [0.2, 0.25) is 0 Å². The third-order valence-electron chi connectivity index (χ3n) is 2.24. The van der Waals surface area contributed by atoms with Crippen molar-refractivity contribution in [3.05, 3.63) is 0 Å². The Kier molecular flexibility index (Phi) is 7.33. The van der Waals surface area contributed by atoms with Gasteiger partial charge in [-0.3, -0.25) is 4.79 Å². The van der Waals surface area contributed by atoms with E-state index in [1.54, 1.807) is 13.8 Å². The predicted molar refractivity (Wildman–Crippen MR) is 64.4 cm³/mol. The molecule has 0 aromatic rings. The van der Waals surface area contributed by atoms with E-state index in [0.717, 1.165) is 0 Å². The Morgan fingerprint density at radius 1 is 1.41 bits per heavy atom. The van der Waals surface area contributed by atoms with Crippen molar-refractivity contribution in [1.82, 2.24) is 4.31 Å². The van der Waals surface area contributed by atoms with Crippen molar-refractivity contribution in [2.75, 3.05) is 26.0 Å². The molecule has 7 heteroatoms. The number of nitrogens with zero attached hydrogens (tertiary/aromatic N) is 1. The average Bonchev–Trinajstić information content (AvgIpc) is 2.16. The quantitative estimate of drug-likeness (QED) is 0.659. The van der Waals surface area contributed by atoms with Crippen molar-refractivity contribution in [2.24, 2.45) is 0 Å². The van der Waals surface area contributed by atoms with Crippen molar-refractivity contribution in [3.63, 3.8) is 0 Å². The highest BCUT2D eigenvalue weighted by molar-refractivity contribution is 7.89. The molecule has 102 valence electrons. The van der Waals surface area contributed by atoms with Crippen molar-refractivity contribution in [2.45, 2.75) is 32.7 Å². The second kappa shape index (κ2) is 7.62. The lowest BCUT2D eigenvalue weighted by molar-refractivity contribution is -0.137. The maximum absolute atomic E-state index is 11.9. The fraction of sp³-hybridized carbons (Fsp3) is 0.900. The van der Waals surface area contributed by atoms with Gasteiger partial charge in [0.2, 0.25) is 10.0 Å². The predicted octanol–water partition coefficient (Wildman–Crippen LogP) is 0.538. The first-order chi connectivity index (χ1) is 7.81. The molecule has 0 aliphatic heterocycles. The molecule has 0 aliphatic rings. The summed E-state index contributed by atoms with van der Waals surface area (Å²) in [5, 5.41) is 8.47. The minimum Gasteiger partial charge on any atom is -0.481 e. The highest BCUT2D eigenvalue weighted by Gasteiger charge is 2.24. The third-order valence-corrected chi connectivity index (χ3v) is 4.37. The Bertz CT molecular complexity index is 326. The molecule has 0 heterocycles. The van der Waals surface area contributed by atoms with E-state index < -0.39 is 16.0 Å². The molecule has 0 saturated carbocycles. The zero-order valence-corrected chi connectivity index (χ0v) is 11.4. The molecule has 0 unspecified atom stereocenters. The lowest BCUT2D eigenvalue weighted by atomic mass is 10.3. The van der Waals surface area contributed by atoms with Gasteiger partial charge >= 0.3 is 5.97 Å². The number of sulfonamides is 1. The van der Waals surface area contributed by atoms with E-state index in [1.165, 1.54) is 11.4 Å². The van der Waals surface area contributed by atoms with Crippen LogP contribution in [0.3, 0.4) is 0 Å². The molecule has 1 N–H and O–H groups in total. The standard InChI is InChI=1S/C10H21NO5S/c1-9(2)11(6-7-16-3)17(14,15)8-4-5-10(12)13/h9H,4-8H2,1-3H3,(H,12,13). The van der Waals surface area contributed by atoms with Crippen LogP contribution < -0.4 is 0 Å². The fourth-order valence-corrected chi connectivity index (χ4v) is 3.16. The van der Waals surface area contributed by atoms with Crippen molar-refractivity contribution in [3.8, 4) is 0 Å². The minimum atomic E-state index is -3.40.